The Morgan fingerprint density at radius 1 is 0.852 bits per heavy atom. The summed E-state index contributed by atoms with van der Waals surface area (Å²) in [7, 11) is 4.11. The van der Waals surface area contributed by atoms with E-state index < -0.39 is 24.5 Å². The number of rotatable bonds is 7. The average molecular weight is 373 g/mol. The molecule has 1 amide bonds. The fraction of sp³-hybridized carbons (Fsp3) is 0.211. The molecule has 0 unspecified atom stereocenters. The molecule has 27 heavy (non-hydrogen) atoms. The number of hydrogen-bond donors (Lipinski definition) is 1. The lowest BCUT2D eigenvalue weighted by atomic mass is 10.2. The third kappa shape index (κ3) is 4.97. The lowest BCUT2D eigenvalue weighted by molar-refractivity contribution is -0.119. The molecular formula is C19H19NO7. The first-order valence-electron chi connectivity index (χ1n) is 7.86. The van der Waals surface area contributed by atoms with E-state index in [1.807, 2.05) is 0 Å². The summed E-state index contributed by atoms with van der Waals surface area (Å²) in [5, 5.41) is 2.56. The highest BCUT2D eigenvalue weighted by Crippen LogP contribution is 2.28. The number of carbonyl (C=O) groups excluding carboxylic acids is 3. The highest BCUT2D eigenvalue weighted by Gasteiger charge is 2.20. The van der Waals surface area contributed by atoms with Crippen LogP contribution < -0.4 is 14.8 Å². The molecule has 0 aromatic heterocycles. The Kier molecular flexibility index (Phi) is 6.76. The number of anilines is 1. The van der Waals surface area contributed by atoms with Crippen molar-refractivity contribution in [2.45, 2.75) is 0 Å². The molecule has 142 valence electrons. The van der Waals surface area contributed by atoms with Crippen LogP contribution in [0.1, 0.15) is 20.7 Å². The summed E-state index contributed by atoms with van der Waals surface area (Å²) in [4.78, 5) is 35.7. The second kappa shape index (κ2) is 9.23. The van der Waals surface area contributed by atoms with E-state index in [1.165, 1.54) is 45.6 Å². The van der Waals surface area contributed by atoms with E-state index >= 15 is 0 Å². The number of nitrogens with one attached hydrogen (secondary N) is 1. The van der Waals surface area contributed by atoms with E-state index in [2.05, 4.69) is 10.1 Å². The van der Waals surface area contributed by atoms with Gasteiger partial charge in [-0.05, 0) is 36.4 Å². The zero-order valence-corrected chi connectivity index (χ0v) is 15.1. The number of amides is 1. The van der Waals surface area contributed by atoms with Crippen molar-refractivity contribution in [1.29, 1.82) is 0 Å². The number of hydrogen-bond acceptors (Lipinski definition) is 7. The molecule has 0 spiro atoms. The van der Waals surface area contributed by atoms with Crippen LogP contribution in [0.3, 0.4) is 0 Å². The third-order valence-corrected chi connectivity index (χ3v) is 3.56. The van der Waals surface area contributed by atoms with Crippen LogP contribution in [-0.4, -0.2) is 45.8 Å². The summed E-state index contributed by atoms with van der Waals surface area (Å²) < 4.78 is 19.9. The summed E-state index contributed by atoms with van der Waals surface area (Å²) in [5.41, 5.74) is 0.890. The molecule has 0 aliphatic rings. The lowest BCUT2D eigenvalue weighted by Gasteiger charge is -2.12. The molecule has 2 aromatic rings. The molecule has 2 aromatic carbocycles. The Labute approximate surface area is 156 Å². The van der Waals surface area contributed by atoms with Gasteiger partial charge in [-0.2, -0.15) is 0 Å². The van der Waals surface area contributed by atoms with E-state index in [4.69, 9.17) is 14.2 Å². The molecule has 0 radical (unpaired) electrons. The predicted octanol–water partition coefficient (Wildman–Crippen LogP) is 2.29. The van der Waals surface area contributed by atoms with E-state index in [-0.39, 0.29) is 17.1 Å². The Bertz CT molecular complexity index is 808. The number of esters is 2. The maximum atomic E-state index is 12.3. The highest BCUT2D eigenvalue weighted by atomic mass is 16.5. The van der Waals surface area contributed by atoms with Gasteiger partial charge in [-0.15, -0.1) is 0 Å². The quantitative estimate of drug-likeness (QED) is 0.743. The maximum absolute atomic E-state index is 12.3. The van der Waals surface area contributed by atoms with Gasteiger partial charge < -0.3 is 24.3 Å². The summed E-state index contributed by atoms with van der Waals surface area (Å²) in [6.45, 7) is -0.501. The Balaban J connectivity index is 1.98. The van der Waals surface area contributed by atoms with Crippen LogP contribution in [-0.2, 0) is 14.3 Å². The van der Waals surface area contributed by atoms with E-state index in [0.29, 0.717) is 11.3 Å². The van der Waals surface area contributed by atoms with Gasteiger partial charge in [0.05, 0.1) is 26.9 Å². The zero-order chi connectivity index (χ0) is 19.8. The predicted molar refractivity (Wildman–Crippen MR) is 96.2 cm³/mol. The van der Waals surface area contributed by atoms with Gasteiger partial charge in [0, 0.05) is 5.69 Å². The minimum absolute atomic E-state index is 0.0951. The van der Waals surface area contributed by atoms with Gasteiger partial charge in [0.25, 0.3) is 5.91 Å². The topological polar surface area (TPSA) is 100 Å². The molecule has 8 heteroatoms. The molecule has 0 atom stereocenters. The zero-order valence-electron chi connectivity index (χ0n) is 15.1. The third-order valence-electron chi connectivity index (χ3n) is 3.56. The van der Waals surface area contributed by atoms with Crippen molar-refractivity contribution in [1.82, 2.24) is 0 Å². The molecule has 0 aliphatic carbocycles. The SMILES string of the molecule is COC(=O)c1ccc(NC(=O)COC(=O)c2c(OC)cccc2OC)cc1. The summed E-state index contributed by atoms with van der Waals surface area (Å²) >= 11 is 0. The van der Waals surface area contributed by atoms with Gasteiger partial charge in [0.15, 0.2) is 6.61 Å². The van der Waals surface area contributed by atoms with Crippen LogP contribution in [0.5, 0.6) is 11.5 Å². The van der Waals surface area contributed by atoms with Gasteiger partial charge in [-0.1, -0.05) is 6.07 Å². The van der Waals surface area contributed by atoms with E-state index in [9.17, 15) is 14.4 Å². The Morgan fingerprint density at radius 3 is 1.96 bits per heavy atom. The van der Waals surface area contributed by atoms with Crippen LogP contribution in [0.2, 0.25) is 0 Å². The van der Waals surface area contributed by atoms with Crippen molar-refractivity contribution in [3.63, 3.8) is 0 Å². The Hall–Kier alpha value is -3.55. The number of methoxy groups -OCH3 is 3. The molecule has 0 saturated heterocycles. The summed E-state index contributed by atoms with van der Waals surface area (Å²) in [6.07, 6.45) is 0. The van der Waals surface area contributed by atoms with Crippen LogP contribution in [0.15, 0.2) is 42.5 Å². The molecule has 0 bridgehead atoms. The van der Waals surface area contributed by atoms with Crippen molar-refractivity contribution in [2.75, 3.05) is 33.3 Å². The molecule has 2 rings (SSSR count). The highest BCUT2D eigenvalue weighted by molar-refractivity contribution is 5.98. The van der Waals surface area contributed by atoms with Gasteiger partial charge in [-0.3, -0.25) is 4.79 Å². The van der Waals surface area contributed by atoms with Gasteiger partial charge in [-0.25, -0.2) is 9.59 Å². The maximum Gasteiger partial charge on any atom is 0.346 e. The number of carbonyl (C=O) groups is 3. The molecule has 1 N–H and O–H groups in total. The van der Waals surface area contributed by atoms with E-state index in [0.717, 1.165) is 0 Å². The van der Waals surface area contributed by atoms with Crippen molar-refractivity contribution in [3.05, 3.63) is 53.6 Å². The Morgan fingerprint density at radius 2 is 1.44 bits per heavy atom. The molecule has 8 nitrogen and oxygen atoms in total. The molecule has 0 fully saturated rings. The minimum Gasteiger partial charge on any atom is -0.496 e. The standard InChI is InChI=1S/C19H19NO7/c1-24-14-5-4-6-15(25-2)17(14)19(23)27-11-16(21)20-13-9-7-12(8-10-13)18(22)26-3/h4-10H,11H2,1-3H3,(H,20,21). The normalized spacial score (nSPS) is 9.89. The van der Waals surface area contributed by atoms with E-state index in [1.54, 1.807) is 18.2 Å². The summed E-state index contributed by atoms with van der Waals surface area (Å²) in [5.74, 6) is -1.22. The van der Waals surface area contributed by atoms with Crippen LogP contribution in [0.25, 0.3) is 0 Å². The van der Waals surface area contributed by atoms with Crippen molar-refractivity contribution in [2.24, 2.45) is 0 Å². The van der Waals surface area contributed by atoms with Crippen LogP contribution in [0.4, 0.5) is 5.69 Å². The molecule has 0 heterocycles. The van der Waals surface area contributed by atoms with Gasteiger partial charge >= 0.3 is 11.9 Å². The largest absolute Gasteiger partial charge is 0.496 e. The second-order valence-corrected chi connectivity index (χ2v) is 5.23. The minimum atomic E-state index is -0.750. The second-order valence-electron chi connectivity index (χ2n) is 5.23. The lowest BCUT2D eigenvalue weighted by Crippen LogP contribution is -2.21. The van der Waals surface area contributed by atoms with Crippen molar-refractivity contribution < 1.29 is 33.3 Å². The fourth-order valence-electron chi connectivity index (χ4n) is 2.26. The monoisotopic (exact) mass is 373 g/mol. The first-order chi connectivity index (χ1) is 13.0. The fourth-order valence-corrected chi connectivity index (χ4v) is 2.26. The first kappa shape index (κ1) is 19.8. The van der Waals surface area contributed by atoms with Gasteiger partial charge in [0.1, 0.15) is 17.1 Å². The first-order valence-corrected chi connectivity index (χ1v) is 7.86. The van der Waals surface area contributed by atoms with Crippen molar-refractivity contribution >= 4 is 23.5 Å². The smallest absolute Gasteiger partial charge is 0.346 e. The van der Waals surface area contributed by atoms with Crippen LogP contribution in [0, 0.1) is 0 Å². The van der Waals surface area contributed by atoms with Gasteiger partial charge in [0.2, 0.25) is 0 Å². The van der Waals surface area contributed by atoms with Crippen molar-refractivity contribution in [3.8, 4) is 11.5 Å². The van der Waals surface area contributed by atoms with Crippen LogP contribution >= 0.6 is 0 Å². The molecular weight excluding hydrogens is 354 g/mol. The molecule has 0 aliphatic heterocycles. The number of benzene rings is 2. The average Bonchev–Trinajstić information content (AvgIpc) is 2.71. The number of ether oxygens (including phenoxy) is 4. The summed E-state index contributed by atoms with van der Waals surface area (Å²) in [6, 6.07) is 10.9. The molecule has 0 saturated carbocycles.